The molecule has 0 aliphatic carbocycles. The van der Waals surface area contributed by atoms with Crippen molar-refractivity contribution < 1.29 is 27.1 Å². The highest BCUT2D eigenvalue weighted by atomic mass is 32.2. The number of fused-ring (bicyclic) bond motifs is 1. The van der Waals surface area contributed by atoms with Gasteiger partial charge in [-0.3, -0.25) is 4.79 Å². The van der Waals surface area contributed by atoms with Gasteiger partial charge in [-0.15, -0.1) is 0 Å². The minimum absolute atomic E-state index is 0.0186. The summed E-state index contributed by atoms with van der Waals surface area (Å²) in [5.74, 6) is -0.940. The molecule has 0 aromatic heterocycles. The zero-order valence-corrected chi connectivity index (χ0v) is 18.6. The number of aliphatic imine (C=N–C) groups is 1. The first kappa shape index (κ1) is 22.5. The van der Waals surface area contributed by atoms with E-state index in [1.165, 1.54) is 23.9 Å². The van der Waals surface area contributed by atoms with Crippen molar-refractivity contribution in [2.45, 2.75) is 44.2 Å². The van der Waals surface area contributed by atoms with Crippen LogP contribution in [0.25, 0.3) is 0 Å². The topological polar surface area (TPSA) is 105 Å². The number of benzene rings is 1. The summed E-state index contributed by atoms with van der Waals surface area (Å²) in [4.78, 5) is 29.9. The molecule has 1 N–H and O–H groups in total. The molecule has 2 heterocycles. The van der Waals surface area contributed by atoms with Crippen LogP contribution in [0.2, 0.25) is 0 Å². The standard InChI is InChI=1S/C19H24FN3O5S2/c1-19(2,3)28-18(25)21-8-16(24)22-17-23(9-12-4-6-13(20)7-5-12)14-10-30(26,27)11-15(14)29-17/h4-7,14-15H,8-11H2,1-3H3,(H,21,25)/t14-,15+/m0/s1. The smallest absolute Gasteiger partial charge is 0.408 e. The van der Waals surface area contributed by atoms with Crippen LogP contribution in [0.3, 0.4) is 0 Å². The van der Waals surface area contributed by atoms with E-state index in [0.717, 1.165) is 5.56 Å². The molecule has 2 aliphatic rings. The van der Waals surface area contributed by atoms with E-state index in [2.05, 4.69) is 10.3 Å². The van der Waals surface area contributed by atoms with Crippen molar-refractivity contribution in [2.75, 3.05) is 18.1 Å². The van der Waals surface area contributed by atoms with Crippen molar-refractivity contribution in [1.82, 2.24) is 10.2 Å². The Morgan fingerprint density at radius 3 is 2.57 bits per heavy atom. The predicted molar refractivity (Wildman–Crippen MR) is 112 cm³/mol. The van der Waals surface area contributed by atoms with Crippen molar-refractivity contribution in [1.29, 1.82) is 0 Å². The van der Waals surface area contributed by atoms with Gasteiger partial charge in [0.2, 0.25) is 0 Å². The number of thioether (sulfide) groups is 1. The number of ether oxygens (including phenoxy) is 1. The Morgan fingerprint density at radius 2 is 1.93 bits per heavy atom. The van der Waals surface area contributed by atoms with Gasteiger partial charge in [0.15, 0.2) is 15.0 Å². The summed E-state index contributed by atoms with van der Waals surface area (Å²) in [5.41, 5.74) is 0.0869. The molecule has 3 rings (SSSR count). The average Bonchev–Trinajstić information content (AvgIpc) is 3.06. The molecule has 164 valence electrons. The number of hydrogen-bond acceptors (Lipinski definition) is 6. The van der Waals surface area contributed by atoms with Crippen molar-refractivity contribution in [3.63, 3.8) is 0 Å². The third kappa shape index (κ3) is 5.94. The quantitative estimate of drug-likeness (QED) is 0.737. The Morgan fingerprint density at radius 1 is 1.27 bits per heavy atom. The molecular formula is C19H24FN3O5S2. The fraction of sp³-hybridized carbons (Fsp3) is 0.526. The summed E-state index contributed by atoms with van der Waals surface area (Å²) in [6.45, 7) is 5.10. The molecule has 0 saturated carbocycles. The number of hydrogen-bond donors (Lipinski definition) is 1. The van der Waals surface area contributed by atoms with E-state index >= 15 is 0 Å². The number of amidine groups is 1. The highest BCUT2D eigenvalue weighted by molar-refractivity contribution is 8.15. The highest BCUT2D eigenvalue weighted by Crippen LogP contribution is 2.39. The normalized spacial score (nSPS) is 24.0. The monoisotopic (exact) mass is 457 g/mol. The van der Waals surface area contributed by atoms with Crippen LogP contribution < -0.4 is 5.32 Å². The minimum Gasteiger partial charge on any atom is -0.444 e. The van der Waals surface area contributed by atoms with Crippen LogP contribution in [0.1, 0.15) is 26.3 Å². The maximum atomic E-state index is 13.2. The summed E-state index contributed by atoms with van der Waals surface area (Å²) >= 11 is 1.24. The molecule has 0 unspecified atom stereocenters. The first-order chi connectivity index (χ1) is 13.9. The van der Waals surface area contributed by atoms with Crippen LogP contribution >= 0.6 is 11.8 Å². The number of rotatable bonds is 4. The zero-order chi connectivity index (χ0) is 22.1. The van der Waals surface area contributed by atoms with Crippen molar-refractivity contribution in [2.24, 2.45) is 4.99 Å². The largest absolute Gasteiger partial charge is 0.444 e. The molecule has 11 heteroatoms. The molecule has 2 amide bonds. The molecule has 0 radical (unpaired) electrons. The predicted octanol–water partition coefficient (Wildman–Crippen LogP) is 1.95. The van der Waals surface area contributed by atoms with Gasteiger partial charge in [-0.1, -0.05) is 23.9 Å². The fourth-order valence-corrected chi connectivity index (χ4v) is 7.18. The summed E-state index contributed by atoms with van der Waals surface area (Å²) in [6, 6.07) is 5.57. The molecule has 1 aromatic carbocycles. The van der Waals surface area contributed by atoms with Crippen LogP contribution in [0.5, 0.6) is 0 Å². The Bertz CT molecular complexity index is 957. The second-order valence-corrected chi connectivity index (χ2v) is 11.6. The van der Waals surface area contributed by atoms with E-state index < -0.39 is 27.4 Å². The van der Waals surface area contributed by atoms with Crippen LogP contribution in [-0.2, 0) is 25.9 Å². The Hall–Kier alpha value is -2.14. The number of carbonyl (C=O) groups excluding carboxylic acids is 2. The molecule has 0 spiro atoms. The highest BCUT2D eigenvalue weighted by Gasteiger charge is 2.48. The fourth-order valence-electron chi connectivity index (χ4n) is 3.22. The van der Waals surface area contributed by atoms with E-state index in [-0.39, 0.29) is 35.2 Å². The third-order valence-corrected chi connectivity index (χ3v) is 7.69. The Balaban J connectivity index is 1.72. The lowest BCUT2D eigenvalue weighted by Gasteiger charge is -2.24. The van der Waals surface area contributed by atoms with Gasteiger partial charge >= 0.3 is 6.09 Å². The SMILES string of the molecule is CC(C)(C)OC(=O)NCC(=O)N=C1S[C@@H]2CS(=O)(=O)C[C@@H]2N1Cc1ccc(F)cc1. The van der Waals surface area contributed by atoms with Crippen LogP contribution in [-0.4, -0.2) is 65.4 Å². The van der Waals surface area contributed by atoms with E-state index in [1.807, 2.05) is 0 Å². The Kier molecular flexibility index (Phi) is 6.42. The van der Waals surface area contributed by atoms with E-state index in [9.17, 15) is 22.4 Å². The number of nitrogens with zero attached hydrogens (tertiary/aromatic N) is 2. The van der Waals surface area contributed by atoms with Gasteiger partial charge < -0.3 is 15.0 Å². The molecule has 2 saturated heterocycles. The molecular weight excluding hydrogens is 433 g/mol. The van der Waals surface area contributed by atoms with E-state index in [1.54, 1.807) is 37.8 Å². The second kappa shape index (κ2) is 8.54. The van der Waals surface area contributed by atoms with Crippen molar-refractivity contribution in [3.05, 3.63) is 35.6 Å². The molecule has 0 bridgehead atoms. The van der Waals surface area contributed by atoms with Gasteiger partial charge in [0, 0.05) is 11.8 Å². The molecule has 2 aliphatic heterocycles. The summed E-state index contributed by atoms with van der Waals surface area (Å²) in [5, 5.41) is 2.55. The van der Waals surface area contributed by atoms with Crippen LogP contribution in [0.15, 0.2) is 29.3 Å². The lowest BCUT2D eigenvalue weighted by molar-refractivity contribution is -0.117. The van der Waals surface area contributed by atoms with Gasteiger partial charge in [0.25, 0.3) is 5.91 Å². The van der Waals surface area contributed by atoms with Gasteiger partial charge in [-0.25, -0.2) is 17.6 Å². The summed E-state index contributed by atoms with van der Waals surface area (Å²) in [6.07, 6.45) is -0.721. The second-order valence-electron chi connectivity index (χ2n) is 8.20. The first-order valence-electron chi connectivity index (χ1n) is 9.38. The summed E-state index contributed by atoms with van der Waals surface area (Å²) in [7, 11) is -3.16. The molecule has 8 nitrogen and oxygen atoms in total. The van der Waals surface area contributed by atoms with Gasteiger partial charge in [0.1, 0.15) is 18.0 Å². The minimum atomic E-state index is -3.16. The molecule has 2 atom stereocenters. The zero-order valence-electron chi connectivity index (χ0n) is 16.9. The van der Waals surface area contributed by atoms with Gasteiger partial charge in [-0.05, 0) is 38.5 Å². The summed E-state index contributed by atoms with van der Waals surface area (Å²) < 4.78 is 42.4. The number of carbonyl (C=O) groups is 2. The number of alkyl carbamates (subject to hydrolysis) is 1. The number of amides is 2. The van der Waals surface area contributed by atoms with E-state index in [0.29, 0.717) is 11.7 Å². The molecule has 1 aromatic rings. The maximum absolute atomic E-state index is 13.2. The first-order valence-corrected chi connectivity index (χ1v) is 12.1. The average molecular weight is 458 g/mol. The van der Waals surface area contributed by atoms with Gasteiger partial charge in [0.05, 0.1) is 17.5 Å². The van der Waals surface area contributed by atoms with Crippen LogP contribution in [0, 0.1) is 5.82 Å². The lowest BCUT2D eigenvalue weighted by Crippen LogP contribution is -2.38. The maximum Gasteiger partial charge on any atom is 0.408 e. The molecule has 2 fully saturated rings. The van der Waals surface area contributed by atoms with Crippen molar-refractivity contribution >= 4 is 38.8 Å². The third-order valence-electron chi connectivity index (χ3n) is 4.44. The van der Waals surface area contributed by atoms with E-state index in [4.69, 9.17) is 4.74 Å². The van der Waals surface area contributed by atoms with Crippen molar-refractivity contribution in [3.8, 4) is 0 Å². The number of halogens is 1. The number of sulfone groups is 1. The Labute approximate surface area is 179 Å². The van der Waals surface area contributed by atoms with Gasteiger partial charge in [-0.2, -0.15) is 4.99 Å². The number of nitrogens with one attached hydrogen (secondary N) is 1. The lowest BCUT2D eigenvalue weighted by atomic mass is 10.1. The van der Waals surface area contributed by atoms with Crippen LogP contribution in [0.4, 0.5) is 9.18 Å². The molecule has 30 heavy (non-hydrogen) atoms.